The van der Waals surface area contributed by atoms with E-state index >= 15 is 0 Å². The van der Waals surface area contributed by atoms with Crippen LogP contribution in [0.15, 0.2) is 30.5 Å². The summed E-state index contributed by atoms with van der Waals surface area (Å²) in [6.07, 6.45) is 3.93. The van der Waals surface area contributed by atoms with Gasteiger partial charge in [0.25, 0.3) is 5.91 Å². The van der Waals surface area contributed by atoms with E-state index in [9.17, 15) is 9.59 Å². The number of amides is 2. The highest BCUT2D eigenvalue weighted by atomic mass is 32.1. The van der Waals surface area contributed by atoms with Crippen molar-refractivity contribution in [3.05, 3.63) is 30.5 Å². The molecule has 0 spiro atoms. The Balaban J connectivity index is 1.45. The van der Waals surface area contributed by atoms with Crippen LogP contribution in [0.25, 0.3) is 10.9 Å². The molecular formula is C19H22N4O3S. The SMILES string of the molecule is CN1C(=O)C(CC(=O)Nc2ccc3cc[nH]c3c2)N(CC2CCCO2)C1=S. The average molecular weight is 386 g/mol. The number of carbonyl (C=O) groups is 2. The molecule has 7 nitrogen and oxygen atoms in total. The van der Waals surface area contributed by atoms with Gasteiger partial charge in [-0.25, -0.2) is 0 Å². The Hall–Kier alpha value is -2.45. The van der Waals surface area contributed by atoms with Crippen molar-refractivity contribution in [2.75, 3.05) is 25.5 Å². The molecule has 0 saturated carbocycles. The number of H-pyrrole nitrogens is 1. The largest absolute Gasteiger partial charge is 0.376 e. The van der Waals surface area contributed by atoms with Crippen LogP contribution in [-0.2, 0) is 14.3 Å². The Bertz CT molecular complexity index is 890. The van der Waals surface area contributed by atoms with Gasteiger partial charge in [-0.15, -0.1) is 0 Å². The first-order chi connectivity index (χ1) is 13.0. The van der Waals surface area contributed by atoms with E-state index in [-0.39, 0.29) is 24.3 Å². The van der Waals surface area contributed by atoms with Crippen molar-refractivity contribution in [3.8, 4) is 0 Å². The minimum absolute atomic E-state index is 0.0544. The number of aromatic nitrogens is 1. The number of likely N-dealkylation sites (N-methyl/N-ethyl adjacent to an activating group) is 1. The van der Waals surface area contributed by atoms with Crippen LogP contribution >= 0.6 is 12.2 Å². The minimum atomic E-state index is -0.582. The molecule has 0 aliphatic carbocycles. The molecule has 2 unspecified atom stereocenters. The summed E-state index contributed by atoms with van der Waals surface area (Å²) in [5.74, 6) is -0.359. The lowest BCUT2D eigenvalue weighted by Gasteiger charge is -2.26. The molecule has 2 fully saturated rings. The third kappa shape index (κ3) is 3.54. The van der Waals surface area contributed by atoms with E-state index in [0.29, 0.717) is 17.3 Å². The number of rotatable bonds is 5. The number of ether oxygens (including phenoxy) is 1. The molecule has 2 N–H and O–H groups in total. The number of fused-ring (bicyclic) bond motifs is 1. The van der Waals surface area contributed by atoms with Crippen LogP contribution in [0.5, 0.6) is 0 Å². The normalized spacial score (nSPS) is 22.9. The second-order valence-electron chi connectivity index (χ2n) is 7.02. The molecule has 8 heteroatoms. The van der Waals surface area contributed by atoms with Gasteiger partial charge in [0.15, 0.2) is 5.11 Å². The van der Waals surface area contributed by atoms with Gasteiger partial charge in [-0.2, -0.15) is 0 Å². The first-order valence-corrected chi connectivity index (χ1v) is 9.50. The molecule has 1 aromatic heterocycles. The van der Waals surface area contributed by atoms with Gasteiger partial charge in [0.2, 0.25) is 5.91 Å². The van der Waals surface area contributed by atoms with Gasteiger partial charge in [0, 0.05) is 37.6 Å². The Labute approximate surface area is 162 Å². The van der Waals surface area contributed by atoms with Crippen LogP contribution in [0, 0.1) is 0 Å². The average Bonchev–Trinajstić information content (AvgIpc) is 3.36. The monoisotopic (exact) mass is 386 g/mol. The second kappa shape index (κ2) is 7.28. The molecular weight excluding hydrogens is 364 g/mol. The van der Waals surface area contributed by atoms with Crippen LogP contribution in [0.4, 0.5) is 5.69 Å². The van der Waals surface area contributed by atoms with Crippen molar-refractivity contribution in [2.24, 2.45) is 0 Å². The molecule has 1 aromatic carbocycles. The van der Waals surface area contributed by atoms with Gasteiger partial charge >= 0.3 is 0 Å². The molecule has 142 valence electrons. The topological polar surface area (TPSA) is 77.7 Å². The van der Waals surface area contributed by atoms with Crippen molar-refractivity contribution in [2.45, 2.75) is 31.4 Å². The van der Waals surface area contributed by atoms with E-state index in [1.54, 1.807) is 7.05 Å². The zero-order valence-corrected chi connectivity index (χ0v) is 15.9. The summed E-state index contributed by atoms with van der Waals surface area (Å²) in [6, 6.07) is 7.06. The first-order valence-electron chi connectivity index (χ1n) is 9.09. The second-order valence-corrected chi connectivity index (χ2v) is 7.38. The number of carbonyl (C=O) groups excluding carboxylic acids is 2. The van der Waals surface area contributed by atoms with Crippen LogP contribution in [0.2, 0.25) is 0 Å². The number of hydrogen-bond donors (Lipinski definition) is 2. The molecule has 3 heterocycles. The van der Waals surface area contributed by atoms with Gasteiger partial charge in [0.05, 0.1) is 12.5 Å². The fourth-order valence-corrected chi connectivity index (χ4v) is 3.99. The van der Waals surface area contributed by atoms with E-state index in [1.165, 1.54) is 4.90 Å². The Morgan fingerprint density at radius 1 is 1.41 bits per heavy atom. The number of aromatic amines is 1. The van der Waals surface area contributed by atoms with Gasteiger partial charge in [-0.05, 0) is 48.6 Å². The molecule has 2 atom stereocenters. The maximum Gasteiger partial charge on any atom is 0.251 e. The molecule has 27 heavy (non-hydrogen) atoms. The van der Waals surface area contributed by atoms with E-state index < -0.39 is 6.04 Å². The Morgan fingerprint density at radius 2 is 2.26 bits per heavy atom. The molecule has 0 radical (unpaired) electrons. The van der Waals surface area contributed by atoms with Crippen molar-refractivity contribution in [1.29, 1.82) is 0 Å². The van der Waals surface area contributed by atoms with E-state index in [1.807, 2.05) is 35.4 Å². The fraction of sp³-hybridized carbons (Fsp3) is 0.421. The Kier molecular flexibility index (Phi) is 4.84. The van der Waals surface area contributed by atoms with Gasteiger partial charge in [0.1, 0.15) is 6.04 Å². The molecule has 4 rings (SSSR count). The number of anilines is 1. The van der Waals surface area contributed by atoms with Crippen LogP contribution in [0.3, 0.4) is 0 Å². The van der Waals surface area contributed by atoms with Crippen molar-refractivity contribution >= 4 is 45.7 Å². The van der Waals surface area contributed by atoms with Gasteiger partial charge in [-0.1, -0.05) is 6.07 Å². The highest BCUT2D eigenvalue weighted by Gasteiger charge is 2.42. The van der Waals surface area contributed by atoms with Crippen LogP contribution in [0.1, 0.15) is 19.3 Å². The predicted octanol–water partition coefficient (Wildman–Crippen LogP) is 2.10. The highest BCUT2D eigenvalue weighted by molar-refractivity contribution is 7.80. The van der Waals surface area contributed by atoms with Crippen LogP contribution < -0.4 is 5.32 Å². The molecule has 2 saturated heterocycles. The molecule has 2 amide bonds. The number of nitrogens with one attached hydrogen (secondary N) is 2. The summed E-state index contributed by atoms with van der Waals surface area (Å²) in [6.45, 7) is 1.28. The third-order valence-corrected chi connectivity index (χ3v) is 5.67. The van der Waals surface area contributed by atoms with Gasteiger partial charge < -0.3 is 19.9 Å². The Morgan fingerprint density at radius 3 is 3.04 bits per heavy atom. The summed E-state index contributed by atoms with van der Waals surface area (Å²) in [5.41, 5.74) is 1.65. The van der Waals surface area contributed by atoms with Crippen LogP contribution in [-0.4, -0.2) is 64.1 Å². The van der Waals surface area contributed by atoms with Gasteiger partial charge in [-0.3, -0.25) is 14.5 Å². The maximum absolute atomic E-state index is 12.6. The molecule has 2 aliphatic rings. The van der Waals surface area contributed by atoms with Crippen molar-refractivity contribution in [3.63, 3.8) is 0 Å². The third-order valence-electron chi connectivity index (χ3n) is 5.17. The number of hydrogen-bond acceptors (Lipinski definition) is 4. The smallest absolute Gasteiger partial charge is 0.251 e. The summed E-state index contributed by atoms with van der Waals surface area (Å²) < 4.78 is 5.68. The lowest BCUT2D eigenvalue weighted by molar-refractivity contribution is -0.130. The number of benzene rings is 1. The number of nitrogens with zero attached hydrogens (tertiary/aromatic N) is 2. The molecule has 2 aromatic rings. The quantitative estimate of drug-likeness (QED) is 0.770. The number of thiocarbonyl (C=S) groups is 1. The van der Waals surface area contributed by atoms with Crippen molar-refractivity contribution < 1.29 is 14.3 Å². The fourth-order valence-electron chi connectivity index (χ4n) is 3.70. The summed E-state index contributed by atoms with van der Waals surface area (Å²) >= 11 is 5.42. The molecule has 2 aliphatic heterocycles. The highest BCUT2D eigenvalue weighted by Crippen LogP contribution is 2.24. The molecule has 0 bridgehead atoms. The standard InChI is InChI=1S/C19H22N4O3S/c1-22-18(25)16(23(19(22)27)11-14-3-2-8-26-14)10-17(24)21-13-5-4-12-6-7-20-15(12)9-13/h4-7,9,14,16,20H,2-3,8,10-11H2,1H3,(H,21,24). The summed E-state index contributed by atoms with van der Waals surface area (Å²) in [5, 5.41) is 4.42. The lowest BCUT2D eigenvalue weighted by Crippen LogP contribution is -2.42. The maximum atomic E-state index is 12.6. The van der Waals surface area contributed by atoms with E-state index in [0.717, 1.165) is 30.4 Å². The zero-order valence-electron chi connectivity index (χ0n) is 15.1. The lowest BCUT2D eigenvalue weighted by atomic mass is 10.1. The summed E-state index contributed by atoms with van der Waals surface area (Å²) in [7, 11) is 1.66. The minimum Gasteiger partial charge on any atom is -0.376 e. The zero-order chi connectivity index (χ0) is 19.0. The van der Waals surface area contributed by atoms with Crippen molar-refractivity contribution in [1.82, 2.24) is 14.8 Å². The van der Waals surface area contributed by atoms with E-state index in [4.69, 9.17) is 17.0 Å². The predicted molar refractivity (Wildman–Crippen MR) is 106 cm³/mol. The first kappa shape index (κ1) is 17.9. The van der Waals surface area contributed by atoms with E-state index in [2.05, 4.69) is 10.3 Å². The summed E-state index contributed by atoms with van der Waals surface area (Å²) in [4.78, 5) is 31.6.